The molecule has 0 saturated heterocycles. The summed E-state index contributed by atoms with van der Waals surface area (Å²) in [7, 11) is 1.67. The maximum Gasteiger partial charge on any atom is 0.141 e. The standard InChI is InChI=1S/C21H20FN5OS/c1-13-7-25-21(29-13)14-5-15(11-28-2)20-18(6-14)19(26-12-27-20)10-23-9-17-4-3-16(22)8-24-17/h3-8,12,23H,9-11H2,1-2H3. The first kappa shape index (κ1) is 19.5. The lowest BCUT2D eigenvalue weighted by atomic mass is 10.0. The molecule has 4 aromatic rings. The summed E-state index contributed by atoms with van der Waals surface area (Å²) < 4.78 is 18.4. The molecule has 148 valence electrons. The number of rotatable bonds is 7. The molecule has 0 saturated carbocycles. The molecule has 0 radical (unpaired) electrons. The number of ether oxygens (including phenoxy) is 1. The monoisotopic (exact) mass is 409 g/mol. The van der Waals surface area contributed by atoms with Crippen molar-refractivity contribution in [1.29, 1.82) is 0 Å². The van der Waals surface area contributed by atoms with Gasteiger partial charge in [-0.1, -0.05) is 0 Å². The fourth-order valence-electron chi connectivity index (χ4n) is 3.13. The number of aromatic nitrogens is 4. The second-order valence-corrected chi connectivity index (χ2v) is 7.87. The van der Waals surface area contributed by atoms with Gasteiger partial charge in [0.05, 0.1) is 29.7 Å². The summed E-state index contributed by atoms with van der Waals surface area (Å²) in [4.78, 5) is 18.7. The van der Waals surface area contributed by atoms with E-state index in [1.54, 1.807) is 30.8 Å². The van der Waals surface area contributed by atoms with Crippen LogP contribution in [0, 0.1) is 12.7 Å². The molecule has 0 aliphatic heterocycles. The van der Waals surface area contributed by atoms with E-state index in [4.69, 9.17) is 4.74 Å². The summed E-state index contributed by atoms with van der Waals surface area (Å²) in [5.41, 5.74) is 4.54. The van der Waals surface area contributed by atoms with Crippen molar-refractivity contribution in [3.05, 3.63) is 70.6 Å². The van der Waals surface area contributed by atoms with Crippen LogP contribution in [0.2, 0.25) is 0 Å². The van der Waals surface area contributed by atoms with Gasteiger partial charge in [-0.2, -0.15) is 0 Å². The first-order valence-corrected chi connectivity index (χ1v) is 9.95. The molecule has 0 aliphatic rings. The number of hydrogen-bond acceptors (Lipinski definition) is 7. The molecule has 29 heavy (non-hydrogen) atoms. The quantitative estimate of drug-likeness (QED) is 0.497. The molecule has 0 aliphatic carbocycles. The lowest BCUT2D eigenvalue weighted by Crippen LogP contribution is -2.15. The van der Waals surface area contributed by atoms with Crippen molar-refractivity contribution < 1.29 is 9.13 Å². The summed E-state index contributed by atoms with van der Waals surface area (Å²) in [6.45, 7) is 3.55. The molecule has 6 nitrogen and oxygen atoms in total. The fourth-order valence-corrected chi connectivity index (χ4v) is 3.88. The molecule has 0 atom stereocenters. The van der Waals surface area contributed by atoms with Crippen LogP contribution in [0.5, 0.6) is 0 Å². The Balaban J connectivity index is 1.66. The second-order valence-electron chi connectivity index (χ2n) is 6.63. The maximum absolute atomic E-state index is 13.0. The second kappa shape index (κ2) is 8.69. The van der Waals surface area contributed by atoms with Crippen LogP contribution in [0.25, 0.3) is 21.5 Å². The number of methoxy groups -OCH3 is 1. The minimum Gasteiger partial charge on any atom is -0.380 e. The van der Waals surface area contributed by atoms with Crippen LogP contribution in [0.4, 0.5) is 4.39 Å². The summed E-state index contributed by atoms with van der Waals surface area (Å²) in [5, 5.41) is 5.25. The predicted molar refractivity (Wildman–Crippen MR) is 111 cm³/mol. The van der Waals surface area contributed by atoms with Gasteiger partial charge in [-0.3, -0.25) is 4.98 Å². The lowest BCUT2D eigenvalue weighted by Gasteiger charge is -2.11. The zero-order valence-electron chi connectivity index (χ0n) is 16.1. The van der Waals surface area contributed by atoms with Gasteiger partial charge in [0, 0.05) is 47.8 Å². The number of nitrogens with zero attached hydrogens (tertiary/aromatic N) is 4. The van der Waals surface area contributed by atoms with E-state index >= 15 is 0 Å². The highest BCUT2D eigenvalue weighted by Gasteiger charge is 2.13. The molecule has 0 spiro atoms. The SMILES string of the molecule is COCc1cc(-c2ncc(C)s2)cc2c(CNCc3ccc(F)cn3)ncnc12. The van der Waals surface area contributed by atoms with Crippen molar-refractivity contribution in [3.8, 4) is 10.6 Å². The van der Waals surface area contributed by atoms with E-state index in [0.29, 0.717) is 19.7 Å². The third-order valence-corrected chi connectivity index (χ3v) is 5.42. The Kier molecular flexibility index (Phi) is 5.84. The highest BCUT2D eigenvalue weighted by atomic mass is 32.1. The molecular formula is C21H20FN5OS. The van der Waals surface area contributed by atoms with E-state index < -0.39 is 0 Å². The van der Waals surface area contributed by atoms with E-state index in [-0.39, 0.29) is 5.82 Å². The van der Waals surface area contributed by atoms with Crippen molar-refractivity contribution in [1.82, 2.24) is 25.3 Å². The summed E-state index contributed by atoms with van der Waals surface area (Å²) in [5.74, 6) is -0.342. The molecule has 3 heterocycles. The number of fused-ring (bicyclic) bond motifs is 1. The van der Waals surface area contributed by atoms with Crippen molar-refractivity contribution in [3.63, 3.8) is 0 Å². The fraction of sp³-hybridized carbons (Fsp3) is 0.238. The first-order chi connectivity index (χ1) is 14.1. The first-order valence-electron chi connectivity index (χ1n) is 9.13. The van der Waals surface area contributed by atoms with Crippen molar-refractivity contribution >= 4 is 22.2 Å². The number of benzene rings is 1. The van der Waals surface area contributed by atoms with Gasteiger partial charge in [-0.15, -0.1) is 11.3 Å². The highest BCUT2D eigenvalue weighted by molar-refractivity contribution is 7.14. The van der Waals surface area contributed by atoms with Crippen LogP contribution >= 0.6 is 11.3 Å². The van der Waals surface area contributed by atoms with E-state index in [1.165, 1.54) is 12.3 Å². The third kappa shape index (κ3) is 4.45. The van der Waals surface area contributed by atoms with Gasteiger partial charge in [-0.25, -0.2) is 19.3 Å². The molecule has 4 rings (SSSR count). The maximum atomic E-state index is 13.0. The minimum atomic E-state index is -0.342. The molecule has 0 amide bonds. The Morgan fingerprint density at radius 3 is 2.69 bits per heavy atom. The largest absolute Gasteiger partial charge is 0.380 e. The van der Waals surface area contributed by atoms with Crippen LogP contribution < -0.4 is 5.32 Å². The average Bonchev–Trinajstić information content (AvgIpc) is 3.16. The van der Waals surface area contributed by atoms with E-state index in [0.717, 1.165) is 43.3 Å². The lowest BCUT2D eigenvalue weighted by molar-refractivity contribution is 0.186. The van der Waals surface area contributed by atoms with Gasteiger partial charge in [0.1, 0.15) is 17.2 Å². The molecule has 1 aromatic carbocycles. The number of hydrogen-bond donors (Lipinski definition) is 1. The Morgan fingerprint density at radius 2 is 1.97 bits per heavy atom. The number of aryl methyl sites for hydroxylation is 1. The van der Waals surface area contributed by atoms with Gasteiger partial charge >= 0.3 is 0 Å². The van der Waals surface area contributed by atoms with Crippen LogP contribution in [0.15, 0.2) is 43.0 Å². The molecule has 0 unspecified atom stereocenters. The number of pyridine rings is 1. The van der Waals surface area contributed by atoms with Gasteiger partial charge in [0.2, 0.25) is 0 Å². The van der Waals surface area contributed by atoms with E-state index in [1.807, 2.05) is 13.1 Å². The van der Waals surface area contributed by atoms with Crippen LogP contribution in [-0.2, 0) is 24.4 Å². The average molecular weight is 409 g/mol. The zero-order chi connectivity index (χ0) is 20.2. The number of thiazole rings is 1. The number of halogens is 1. The van der Waals surface area contributed by atoms with Gasteiger partial charge in [-0.05, 0) is 31.2 Å². The molecule has 3 aromatic heterocycles. The molecule has 0 bridgehead atoms. The summed E-state index contributed by atoms with van der Waals surface area (Å²) >= 11 is 1.65. The van der Waals surface area contributed by atoms with Crippen molar-refractivity contribution in [2.24, 2.45) is 0 Å². The van der Waals surface area contributed by atoms with Gasteiger partial charge in [0.15, 0.2) is 0 Å². The molecule has 1 N–H and O–H groups in total. The normalized spacial score (nSPS) is 11.3. The topological polar surface area (TPSA) is 72.8 Å². The number of nitrogens with one attached hydrogen (secondary N) is 1. The van der Waals surface area contributed by atoms with Crippen LogP contribution in [0.1, 0.15) is 21.8 Å². The molecule has 0 fully saturated rings. The Morgan fingerprint density at radius 1 is 1.07 bits per heavy atom. The Hall–Kier alpha value is -2.81. The Bertz CT molecular complexity index is 1130. The van der Waals surface area contributed by atoms with Gasteiger partial charge < -0.3 is 10.1 Å². The predicted octanol–water partition coefficient (Wildman–Crippen LogP) is 4.03. The van der Waals surface area contributed by atoms with Crippen LogP contribution in [0.3, 0.4) is 0 Å². The highest BCUT2D eigenvalue weighted by Crippen LogP contribution is 2.31. The summed E-state index contributed by atoms with van der Waals surface area (Å²) in [6.07, 6.45) is 4.66. The smallest absolute Gasteiger partial charge is 0.141 e. The zero-order valence-corrected chi connectivity index (χ0v) is 17.0. The minimum absolute atomic E-state index is 0.342. The van der Waals surface area contributed by atoms with E-state index in [2.05, 4.69) is 37.4 Å². The van der Waals surface area contributed by atoms with Crippen molar-refractivity contribution in [2.75, 3.05) is 7.11 Å². The van der Waals surface area contributed by atoms with E-state index in [9.17, 15) is 4.39 Å². The molecular weight excluding hydrogens is 389 g/mol. The van der Waals surface area contributed by atoms with Crippen LogP contribution in [-0.4, -0.2) is 27.0 Å². The molecule has 8 heteroatoms. The summed E-state index contributed by atoms with van der Waals surface area (Å²) in [6, 6.07) is 7.24. The van der Waals surface area contributed by atoms with Crippen molar-refractivity contribution in [2.45, 2.75) is 26.6 Å². The van der Waals surface area contributed by atoms with Gasteiger partial charge in [0.25, 0.3) is 0 Å². The third-order valence-electron chi connectivity index (χ3n) is 4.46. The Labute approximate surface area is 171 Å².